The largest absolute Gasteiger partial charge is 0.778 e. The van der Waals surface area contributed by atoms with Crippen molar-refractivity contribution in [3.8, 4) is 0 Å². The van der Waals surface area contributed by atoms with E-state index < -0.39 is 0 Å². The summed E-state index contributed by atoms with van der Waals surface area (Å²) >= 11 is 3.48. The van der Waals surface area contributed by atoms with E-state index in [9.17, 15) is 5.41 Å². The number of unbranched alkanes of at least 4 members (excludes halogenated alkanes) is 3. The molecule has 1 nitrogen and oxygen atoms in total. The molecule has 0 aromatic carbocycles. The third-order valence-electron chi connectivity index (χ3n) is 3.82. The van der Waals surface area contributed by atoms with Gasteiger partial charge in [-0.15, -0.1) is 0 Å². The molecule has 0 aromatic heterocycles. The zero-order valence-corrected chi connectivity index (χ0v) is 15.0. The standard InChI is InChI=1S/C18H28BrN/c1-13(2)16-11-15(9-7-5-6-8-10-19)12-17(14(3)4)18(16)20/h11-14H,5-10H2,1-4H3. The van der Waals surface area contributed by atoms with E-state index in [1.807, 2.05) is 0 Å². The first kappa shape index (κ1) is 17.6. The minimum absolute atomic E-state index is 0.376. The van der Waals surface area contributed by atoms with Crippen LogP contribution < -0.4 is 0 Å². The van der Waals surface area contributed by atoms with Crippen LogP contribution >= 0.6 is 15.9 Å². The van der Waals surface area contributed by atoms with Crippen molar-refractivity contribution in [3.05, 3.63) is 34.6 Å². The molecule has 0 unspecified atom stereocenters. The van der Waals surface area contributed by atoms with E-state index in [1.54, 1.807) is 0 Å². The lowest BCUT2D eigenvalue weighted by Gasteiger charge is -2.26. The highest BCUT2D eigenvalue weighted by Gasteiger charge is 2.28. The van der Waals surface area contributed by atoms with Crippen molar-refractivity contribution in [2.24, 2.45) is 11.8 Å². The minimum Gasteiger partial charge on any atom is -0.778 e. The molecule has 2 heteroatoms. The second-order valence-electron chi connectivity index (χ2n) is 6.29. The van der Waals surface area contributed by atoms with Gasteiger partial charge in [-0.2, -0.15) is 0 Å². The Morgan fingerprint density at radius 3 is 2.30 bits per heavy atom. The molecule has 0 radical (unpaired) electrons. The van der Waals surface area contributed by atoms with Gasteiger partial charge >= 0.3 is 0 Å². The number of alkyl halides is 1. The van der Waals surface area contributed by atoms with Crippen LogP contribution in [0.4, 0.5) is 0 Å². The van der Waals surface area contributed by atoms with E-state index in [-0.39, 0.29) is 0 Å². The maximum Gasteiger partial charge on any atom is 0.0528 e. The second kappa shape index (κ2) is 8.71. The number of nitrogens with zero attached hydrogens (tertiary/aromatic N) is 1. The first-order chi connectivity index (χ1) is 9.47. The Labute approximate surface area is 133 Å². The molecule has 0 saturated carbocycles. The maximum absolute atomic E-state index is 10.4. The Morgan fingerprint density at radius 2 is 1.75 bits per heavy atom. The Bertz CT molecular complexity index is 377. The number of halogens is 1. The van der Waals surface area contributed by atoms with Crippen molar-refractivity contribution in [1.29, 1.82) is 0 Å². The number of allylic oxidation sites excluding steroid dienone is 4. The van der Waals surface area contributed by atoms with Crippen molar-refractivity contribution in [1.82, 2.24) is 0 Å². The molecule has 0 amide bonds. The Hall–Kier alpha value is -0.500. The number of hydrogen-bond acceptors (Lipinski definition) is 0. The highest BCUT2D eigenvalue weighted by molar-refractivity contribution is 9.09. The Morgan fingerprint density at radius 1 is 1.10 bits per heavy atom. The van der Waals surface area contributed by atoms with Gasteiger partial charge in [-0.3, -0.25) is 0 Å². The van der Waals surface area contributed by atoms with Gasteiger partial charge < -0.3 is 5.41 Å². The van der Waals surface area contributed by atoms with Gasteiger partial charge in [0.25, 0.3) is 0 Å². The molecular weight excluding hydrogens is 310 g/mol. The lowest BCUT2D eigenvalue weighted by molar-refractivity contribution is 0.667. The molecule has 0 saturated heterocycles. The number of rotatable bonds is 8. The molecule has 0 N–H and O–H groups in total. The monoisotopic (exact) mass is 337 g/mol. The van der Waals surface area contributed by atoms with E-state index in [0.717, 1.165) is 23.2 Å². The van der Waals surface area contributed by atoms with Crippen LogP contribution in [0.5, 0.6) is 0 Å². The normalized spacial score (nSPS) is 15.9. The van der Waals surface area contributed by atoms with Crippen LogP contribution in [0, 0.1) is 17.8 Å². The summed E-state index contributed by atoms with van der Waals surface area (Å²) in [5.41, 5.74) is 3.00. The van der Waals surface area contributed by atoms with Crippen molar-refractivity contribution >= 4 is 21.6 Å². The van der Waals surface area contributed by atoms with Gasteiger partial charge in [-0.1, -0.05) is 28.8 Å². The van der Waals surface area contributed by atoms with E-state index in [1.165, 1.54) is 31.3 Å². The molecule has 0 bridgehead atoms. The van der Waals surface area contributed by atoms with Gasteiger partial charge in [0.15, 0.2) is 0 Å². The lowest BCUT2D eigenvalue weighted by Crippen LogP contribution is -2.22. The molecule has 0 spiro atoms. The smallest absolute Gasteiger partial charge is 0.0528 e. The van der Waals surface area contributed by atoms with E-state index >= 15 is 0 Å². The van der Waals surface area contributed by atoms with Crippen LogP contribution in [0.3, 0.4) is 0 Å². The highest BCUT2D eigenvalue weighted by Crippen LogP contribution is 2.32. The fourth-order valence-electron chi connectivity index (χ4n) is 2.55. The van der Waals surface area contributed by atoms with Crippen LogP contribution in [0.15, 0.2) is 23.3 Å². The van der Waals surface area contributed by atoms with Crippen molar-refractivity contribution in [2.45, 2.75) is 59.8 Å². The number of hydrogen-bond donors (Lipinski definition) is 0. The van der Waals surface area contributed by atoms with Gasteiger partial charge in [0, 0.05) is 35.1 Å². The lowest BCUT2D eigenvalue weighted by atomic mass is 9.77. The quantitative estimate of drug-likeness (QED) is 0.290. The average molecular weight is 338 g/mol. The van der Waals surface area contributed by atoms with E-state index in [0.29, 0.717) is 17.5 Å². The second-order valence-corrected chi connectivity index (χ2v) is 7.08. The first-order valence-corrected chi connectivity index (χ1v) is 9.01. The van der Waals surface area contributed by atoms with Gasteiger partial charge in [0.05, 0.1) is 17.7 Å². The van der Waals surface area contributed by atoms with Crippen molar-refractivity contribution in [2.75, 3.05) is 5.33 Å². The molecule has 112 valence electrons. The van der Waals surface area contributed by atoms with Crippen molar-refractivity contribution in [3.63, 3.8) is 0 Å². The molecule has 0 heterocycles. The van der Waals surface area contributed by atoms with Crippen LogP contribution in [0.25, 0.3) is 5.41 Å². The molecule has 1 aliphatic carbocycles. The summed E-state index contributed by atoms with van der Waals surface area (Å²) in [7, 11) is 0. The zero-order chi connectivity index (χ0) is 15.1. The van der Waals surface area contributed by atoms with Gasteiger partial charge in [0.2, 0.25) is 0 Å². The summed E-state index contributed by atoms with van der Waals surface area (Å²) in [6.07, 6.45) is 10.6. The average Bonchev–Trinajstić information content (AvgIpc) is 2.39. The van der Waals surface area contributed by atoms with E-state index in [4.69, 9.17) is 0 Å². The van der Waals surface area contributed by atoms with Gasteiger partial charge in [-0.25, -0.2) is 0 Å². The maximum atomic E-state index is 10.4. The Balaban J connectivity index is 2.67. The molecule has 20 heavy (non-hydrogen) atoms. The molecule has 0 fully saturated rings. The summed E-state index contributed by atoms with van der Waals surface area (Å²) in [5, 5.41) is 11.5. The predicted molar refractivity (Wildman–Crippen MR) is 94.3 cm³/mol. The van der Waals surface area contributed by atoms with Crippen LogP contribution in [0.2, 0.25) is 0 Å². The van der Waals surface area contributed by atoms with Crippen molar-refractivity contribution < 1.29 is 0 Å². The van der Waals surface area contributed by atoms with Crippen LogP contribution in [-0.2, 0) is 0 Å². The molecule has 1 aliphatic rings. The molecular formula is C18H28BrN. The third-order valence-corrected chi connectivity index (χ3v) is 4.38. The molecule has 0 aliphatic heterocycles. The summed E-state index contributed by atoms with van der Waals surface area (Å²) < 4.78 is 0. The fraction of sp³-hybridized carbons (Fsp3) is 0.667. The highest BCUT2D eigenvalue weighted by atomic mass is 79.9. The fourth-order valence-corrected chi connectivity index (χ4v) is 2.94. The summed E-state index contributed by atoms with van der Waals surface area (Å²) in [4.78, 5) is 0. The summed E-state index contributed by atoms with van der Waals surface area (Å²) in [6.45, 7) is 8.61. The zero-order valence-electron chi connectivity index (χ0n) is 13.4. The van der Waals surface area contributed by atoms with Gasteiger partial charge in [0.1, 0.15) is 0 Å². The van der Waals surface area contributed by atoms with Crippen LogP contribution in [0.1, 0.15) is 59.8 Å². The summed E-state index contributed by atoms with van der Waals surface area (Å²) in [5.74, 6) is 1.85. The van der Waals surface area contributed by atoms with Crippen LogP contribution in [-0.4, -0.2) is 11.0 Å². The predicted octanol–water partition coefficient (Wildman–Crippen LogP) is 6.10. The summed E-state index contributed by atoms with van der Waals surface area (Å²) in [6, 6.07) is 0. The molecule has 1 rings (SSSR count). The minimum atomic E-state index is 0.376. The SMILES string of the molecule is CC(C)C1=CC(CCCCCCBr)=C[C+](C(C)C)C1=[N-]. The van der Waals surface area contributed by atoms with E-state index in [2.05, 4.69) is 55.8 Å². The third kappa shape index (κ3) is 5.12. The molecule has 0 atom stereocenters. The first-order valence-electron chi connectivity index (χ1n) is 7.89. The van der Waals surface area contributed by atoms with Gasteiger partial charge in [-0.05, 0) is 46.2 Å². The Kier molecular flexibility index (Phi) is 7.65. The topological polar surface area (TPSA) is 22.3 Å². The molecule has 0 aromatic rings.